The highest BCUT2D eigenvalue weighted by atomic mass is 32.1. The Kier molecular flexibility index (Phi) is 17.4. The zero-order valence-electron chi connectivity index (χ0n) is 40.9. The zero-order valence-corrected chi connectivity index (χ0v) is 43.7. The molecule has 352 valence electrons. The third-order valence-electron chi connectivity index (χ3n) is 12.9. The van der Waals surface area contributed by atoms with Crippen LogP contribution in [0.2, 0.25) is 10.1 Å². The van der Waals surface area contributed by atoms with E-state index in [1.165, 1.54) is 32.1 Å². The first kappa shape index (κ1) is 50.3. The molecule has 0 spiro atoms. The van der Waals surface area contributed by atoms with Crippen LogP contribution in [0.3, 0.4) is 0 Å². The van der Waals surface area contributed by atoms with Crippen molar-refractivity contribution < 1.29 is 18.4 Å². The highest BCUT2D eigenvalue weighted by Crippen LogP contribution is 2.38. The van der Waals surface area contributed by atoms with Crippen molar-refractivity contribution >= 4 is 72.8 Å². The van der Waals surface area contributed by atoms with Gasteiger partial charge in [0.2, 0.25) is 0 Å². The second kappa shape index (κ2) is 23.6. The lowest BCUT2D eigenvalue weighted by Gasteiger charge is -2.43. The van der Waals surface area contributed by atoms with Crippen molar-refractivity contribution in [2.45, 2.75) is 83.9 Å². The summed E-state index contributed by atoms with van der Waals surface area (Å²) in [7, 11) is -5.29. The summed E-state index contributed by atoms with van der Waals surface area (Å²) in [5.74, 6) is 0.824. The number of rotatable bonds is 23. The number of hydrogen-bond donors (Lipinski definition) is 0. The van der Waals surface area contributed by atoms with Crippen LogP contribution in [-0.4, -0.2) is 49.2 Å². The predicted octanol–water partition coefficient (Wildman–Crippen LogP) is 12.8. The SMILES string of the molecule is CC(C)(C)[Si](OCCCCN(CCCCO[Si](c1ccccc1)(c1ccccc1)C(C)(C)C)c1ccc(/C=C/c2ccc(C=O)s2)c(OCc2ccccc2)c1)(c1ccccc1)c1ccccc1. The maximum Gasteiger partial charge on any atom is 0.261 e. The summed E-state index contributed by atoms with van der Waals surface area (Å²) in [6.07, 6.45) is 8.87. The third kappa shape index (κ3) is 12.2. The van der Waals surface area contributed by atoms with Gasteiger partial charge in [0.1, 0.15) is 12.4 Å². The van der Waals surface area contributed by atoms with Crippen LogP contribution >= 0.6 is 11.3 Å². The molecule has 0 aliphatic carbocycles. The molecule has 6 aromatic carbocycles. The van der Waals surface area contributed by atoms with E-state index in [1.807, 2.05) is 30.3 Å². The van der Waals surface area contributed by atoms with Crippen molar-refractivity contribution in [3.05, 3.63) is 203 Å². The van der Waals surface area contributed by atoms with E-state index in [0.29, 0.717) is 24.7 Å². The summed E-state index contributed by atoms with van der Waals surface area (Å²) in [4.78, 5) is 15.7. The van der Waals surface area contributed by atoms with Gasteiger partial charge in [0.05, 0.1) is 4.88 Å². The molecule has 0 atom stereocenters. The van der Waals surface area contributed by atoms with Crippen LogP contribution in [0.1, 0.15) is 92.9 Å². The van der Waals surface area contributed by atoms with Crippen LogP contribution in [-0.2, 0) is 15.5 Å². The number of nitrogens with zero attached hydrogens (tertiary/aromatic N) is 1. The number of anilines is 1. The molecular weight excluding hydrogens is 887 g/mol. The van der Waals surface area contributed by atoms with Crippen LogP contribution in [0, 0.1) is 0 Å². The number of ether oxygens (including phenoxy) is 1. The minimum Gasteiger partial charge on any atom is -0.488 e. The van der Waals surface area contributed by atoms with Crippen molar-refractivity contribution in [2.75, 3.05) is 31.2 Å². The van der Waals surface area contributed by atoms with Crippen LogP contribution in [0.5, 0.6) is 5.75 Å². The van der Waals surface area contributed by atoms with Gasteiger partial charge in [0.15, 0.2) is 6.29 Å². The lowest BCUT2D eigenvalue weighted by molar-refractivity contribution is 0.112. The highest BCUT2D eigenvalue weighted by Gasteiger charge is 2.51. The molecule has 0 fully saturated rings. The predicted molar refractivity (Wildman–Crippen MR) is 294 cm³/mol. The molecule has 1 heterocycles. The number of carbonyl (C=O) groups excluding carboxylic acids is 1. The van der Waals surface area contributed by atoms with E-state index in [1.54, 1.807) is 0 Å². The van der Waals surface area contributed by atoms with Crippen LogP contribution in [0.4, 0.5) is 5.69 Å². The first-order valence-corrected chi connectivity index (χ1v) is 28.9. The van der Waals surface area contributed by atoms with E-state index in [9.17, 15) is 4.79 Å². The van der Waals surface area contributed by atoms with Gasteiger partial charge in [-0.3, -0.25) is 4.79 Å². The first-order chi connectivity index (χ1) is 32.9. The van der Waals surface area contributed by atoms with Gasteiger partial charge in [0.25, 0.3) is 16.6 Å². The summed E-state index contributed by atoms with van der Waals surface area (Å²) in [5.41, 5.74) is 3.23. The average molecular weight is 956 g/mol. The summed E-state index contributed by atoms with van der Waals surface area (Å²) in [5, 5.41) is 5.07. The molecule has 0 aliphatic rings. The minimum atomic E-state index is -2.65. The average Bonchev–Trinajstić information content (AvgIpc) is 3.83. The van der Waals surface area contributed by atoms with E-state index >= 15 is 0 Å². The van der Waals surface area contributed by atoms with Gasteiger partial charge >= 0.3 is 0 Å². The maximum atomic E-state index is 11.4. The quantitative estimate of drug-likeness (QED) is 0.0363. The van der Waals surface area contributed by atoms with Gasteiger partial charge in [-0.25, -0.2) is 0 Å². The Morgan fingerprint density at radius 2 is 0.926 bits per heavy atom. The summed E-state index contributed by atoms with van der Waals surface area (Å²) >= 11 is 1.48. The fourth-order valence-corrected chi connectivity index (χ4v) is 19.5. The normalized spacial score (nSPS) is 12.3. The topological polar surface area (TPSA) is 48.0 Å². The lowest BCUT2D eigenvalue weighted by atomic mass is 10.1. The van der Waals surface area contributed by atoms with Crippen molar-refractivity contribution in [3.63, 3.8) is 0 Å². The Bertz CT molecular complexity index is 2440. The van der Waals surface area contributed by atoms with Crippen LogP contribution in [0.15, 0.2) is 182 Å². The van der Waals surface area contributed by atoms with Crippen molar-refractivity contribution in [3.8, 4) is 5.75 Å². The molecule has 68 heavy (non-hydrogen) atoms. The molecule has 7 aromatic rings. The van der Waals surface area contributed by atoms with E-state index in [4.69, 9.17) is 13.6 Å². The van der Waals surface area contributed by atoms with Gasteiger partial charge in [-0.15, -0.1) is 11.3 Å². The number of hydrogen-bond acceptors (Lipinski definition) is 6. The maximum absolute atomic E-state index is 11.4. The minimum absolute atomic E-state index is 0.0785. The van der Waals surface area contributed by atoms with Gasteiger partial charge in [0, 0.05) is 48.5 Å². The summed E-state index contributed by atoms with van der Waals surface area (Å²) < 4.78 is 21.3. The Labute approximate surface area is 412 Å². The fourth-order valence-electron chi connectivity index (χ4n) is 9.56. The number of aldehydes is 1. The standard InChI is InChI=1S/C60H69NO4SSi2/c1-59(2,3)67(54-28-14-8-15-29-54,55-30-16-9-17-31-55)64-44-24-22-42-61(43-23-25-45-65-68(60(4,5)6,56-32-18-10-19-33-56)57-34-20-11-21-35-57)51-38-36-50(37-39-52-40-41-53(47-62)66-52)58(46-51)63-48-49-26-12-7-13-27-49/h7-21,26-41,46-47H,22-25,42-45,48H2,1-6H3/b39-37+. The molecule has 5 nitrogen and oxygen atoms in total. The number of benzene rings is 6. The first-order valence-electron chi connectivity index (χ1n) is 24.2. The van der Waals surface area contributed by atoms with E-state index in [0.717, 1.165) is 72.5 Å². The molecule has 0 saturated carbocycles. The van der Waals surface area contributed by atoms with Crippen LogP contribution in [0.25, 0.3) is 12.2 Å². The molecule has 0 N–H and O–H groups in total. The molecule has 0 saturated heterocycles. The van der Waals surface area contributed by atoms with E-state index in [2.05, 4.69) is 210 Å². The fraction of sp³-hybridized carbons (Fsp3) is 0.283. The Balaban J connectivity index is 1.13. The Morgan fingerprint density at radius 1 is 0.500 bits per heavy atom. The van der Waals surface area contributed by atoms with E-state index in [-0.39, 0.29) is 10.1 Å². The molecule has 1 aromatic heterocycles. The summed E-state index contributed by atoms with van der Waals surface area (Å²) in [6, 6.07) is 64.5. The van der Waals surface area contributed by atoms with Gasteiger partial charge in [-0.2, -0.15) is 0 Å². The molecule has 0 aliphatic heterocycles. The summed E-state index contributed by atoms with van der Waals surface area (Å²) in [6.45, 7) is 17.6. The van der Waals surface area contributed by atoms with Crippen molar-refractivity contribution in [1.29, 1.82) is 0 Å². The largest absolute Gasteiger partial charge is 0.488 e. The van der Waals surface area contributed by atoms with E-state index < -0.39 is 16.6 Å². The van der Waals surface area contributed by atoms with Crippen molar-refractivity contribution in [1.82, 2.24) is 0 Å². The van der Waals surface area contributed by atoms with Gasteiger partial charge in [-0.05, 0) is 98.5 Å². The Hall–Kier alpha value is -5.62. The molecule has 0 amide bonds. The smallest absolute Gasteiger partial charge is 0.261 e. The van der Waals surface area contributed by atoms with Crippen molar-refractivity contribution in [2.24, 2.45) is 0 Å². The Morgan fingerprint density at radius 3 is 1.34 bits per heavy atom. The second-order valence-corrected chi connectivity index (χ2v) is 29.4. The molecule has 0 unspecified atom stereocenters. The third-order valence-corrected chi connectivity index (χ3v) is 24.0. The van der Waals surface area contributed by atoms with Gasteiger partial charge in [-0.1, -0.05) is 193 Å². The van der Waals surface area contributed by atoms with Crippen LogP contribution < -0.4 is 30.4 Å². The molecule has 7 rings (SSSR count). The molecule has 0 radical (unpaired) electrons. The molecular formula is C60H69NO4SSi2. The van der Waals surface area contributed by atoms with Gasteiger partial charge < -0.3 is 18.5 Å². The molecule has 0 bridgehead atoms. The second-order valence-electron chi connectivity index (χ2n) is 19.6. The number of thiophene rings is 1. The highest BCUT2D eigenvalue weighted by molar-refractivity contribution is 7.14. The molecule has 8 heteroatoms. The lowest BCUT2D eigenvalue weighted by Crippen LogP contribution is -2.66. The number of carbonyl (C=O) groups is 1. The number of unbranched alkanes of at least 4 members (excludes halogenated alkanes) is 2. The zero-order chi connectivity index (χ0) is 47.9. The monoisotopic (exact) mass is 955 g/mol.